The molecule has 5 atom stereocenters. The van der Waals surface area contributed by atoms with Gasteiger partial charge in [0.2, 0.25) is 29.5 Å². The molecule has 7 amide bonds. The van der Waals surface area contributed by atoms with Crippen molar-refractivity contribution in [3.63, 3.8) is 0 Å². The molecule has 288 valence electrons. The van der Waals surface area contributed by atoms with Crippen molar-refractivity contribution in [2.45, 2.75) is 96.9 Å². The zero-order chi connectivity index (χ0) is 39.0. The molecule has 0 aromatic heterocycles. The molecule has 1 aromatic rings. The van der Waals surface area contributed by atoms with Crippen molar-refractivity contribution in [1.82, 2.24) is 36.8 Å². The number of likely N-dealkylation sites (N-methyl/N-ethyl adjacent to an activating group) is 1. The van der Waals surface area contributed by atoms with Crippen LogP contribution in [0.25, 0.3) is 0 Å². The first-order chi connectivity index (χ1) is 24.5. The molecule has 0 spiro atoms. The molecule has 0 saturated carbocycles. The number of hydrogen-bond donors (Lipinski definition) is 7. The molecule has 7 N–H and O–H groups in total. The Morgan fingerprint density at radius 3 is 2.19 bits per heavy atom. The summed E-state index contributed by atoms with van der Waals surface area (Å²) in [6, 6.07) is 1.73. The van der Waals surface area contributed by atoms with Gasteiger partial charge in [-0.05, 0) is 43.1 Å². The summed E-state index contributed by atoms with van der Waals surface area (Å²) in [6.07, 6.45) is 0.803. The molecule has 1 aliphatic heterocycles. The van der Waals surface area contributed by atoms with Crippen LogP contribution in [0.5, 0.6) is 0 Å². The fourth-order valence-corrected chi connectivity index (χ4v) is 5.41. The van der Waals surface area contributed by atoms with Crippen LogP contribution in [0.3, 0.4) is 0 Å². The lowest BCUT2D eigenvalue weighted by Gasteiger charge is -2.29. The van der Waals surface area contributed by atoms with E-state index in [1.807, 2.05) is 13.8 Å². The molecule has 0 unspecified atom stereocenters. The van der Waals surface area contributed by atoms with Crippen LogP contribution in [-0.4, -0.2) is 114 Å². The number of amides is 7. The van der Waals surface area contributed by atoms with Crippen LogP contribution in [-0.2, 0) is 44.7 Å². The smallest absolute Gasteiger partial charge is 0.326 e. The highest BCUT2D eigenvalue weighted by molar-refractivity contribution is 5.96. The summed E-state index contributed by atoms with van der Waals surface area (Å²) in [5.41, 5.74) is 0.669. The van der Waals surface area contributed by atoms with Crippen molar-refractivity contribution in [1.29, 1.82) is 0 Å². The van der Waals surface area contributed by atoms with Gasteiger partial charge in [-0.15, -0.1) is 0 Å². The van der Waals surface area contributed by atoms with E-state index in [1.54, 1.807) is 44.2 Å². The SMILES string of the molecule is CC(=O)OC[C@@H]1NC(=O)CN(C)C(=O)[C@H](CC(C)C)NC(=O)[C@H](C(C)C)NC(=O)[C@H](NC(=O)N[C@@H](Cc2ccccc2)C(=O)O)CCCCNC1=O. The third-order valence-corrected chi connectivity index (χ3v) is 8.16. The number of rotatable bonds is 10. The average molecular weight is 732 g/mol. The number of carboxylic acid groups (broad SMARTS) is 1. The maximum absolute atomic E-state index is 13.7. The minimum atomic E-state index is -1.31. The molecule has 0 bridgehead atoms. The molecular formula is C35H53N7O10. The van der Waals surface area contributed by atoms with Crippen molar-refractivity contribution < 1.29 is 48.2 Å². The van der Waals surface area contributed by atoms with Crippen LogP contribution < -0.4 is 31.9 Å². The summed E-state index contributed by atoms with van der Waals surface area (Å²) >= 11 is 0. The van der Waals surface area contributed by atoms with E-state index in [4.69, 9.17) is 4.74 Å². The average Bonchev–Trinajstić information content (AvgIpc) is 3.06. The van der Waals surface area contributed by atoms with E-state index in [9.17, 15) is 43.5 Å². The first-order valence-corrected chi connectivity index (χ1v) is 17.4. The van der Waals surface area contributed by atoms with E-state index >= 15 is 0 Å². The van der Waals surface area contributed by atoms with Gasteiger partial charge < -0.3 is 46.6 Å². The van der Waals surface area contributed by atoms with Gasteiger partial charge in [0.1, 0.15) is 36.8 Å². The van der Waals surface area contributed by atoms with Gasteiger partial charge >= 0.3 is 18.0 Å². The van der Waals surface area contributed by atoms with Crippen molar-refractivity contribution in [2.24, 2.45) is 11.8 Å². The maximum atomic E-state index is 13.7. The zero-order valence-corrected chi connectivity index (χ0v) is 30.7. The summed E-state index contributed by atoms with van der Waals surface area (Å²) in [5, 5.41) is 25.2. The molecule has 0 aliphatic carbocycles. The number of ether oxygens (including phenoxy) is 1. The molecule has 17 nitrogen and oxygen atoms in total. The molecule has 1 heterocycles. The Bertz CT molecular complexity index is 1420. The van der Waals surface area contributed by atoms with E-state index in [1.165, 1.54) is 7.05 Å². The van der Waals surface area contributed by atoms with Gasteiger partial charge in [0.05, 0.1) is 6.54 Å². The Morgan fingerprint density at radius 1 is 0.923 bits per heavy atom. The number of esters is 1. The highest BCUT2D eigenvalue weighted by Gasteiger charge is 2.34. The third-order valence-electron chi connectivity index (χ3n) is 8.16. The normalized spacial score (nSPS) is 22.1. The second-order valence-corrected chi connectivity index (χ2v) is 13.6. The van der Waals surface area contributed by atoms with E-state index in [0.717, 1.165) is 11.8 Å². The monoisotopic (exact) mass is 731 g/mol. The summed E-state index contributed by atoms with van der Waals surface area (Å²) < 4.78 is 4.97. The highest BCUT2D eigenvalue weighted by atomic mass is 16.5. The summed E-state index contributed by atoms with van der Waals surface area (Å²) in [4.78, 5) is 104. The Balaban J connectivity index is 2.39. The molecule has 17 heteroatoms. The number of benzene rings is 1. The van der Waals surface area contributed by atoms with Gasteiger partial charge in [-0.1, -0.05) is 58.0 Å². The minimum absolute atomic E-state index is 0.0138. The Kier molecular flexibility index (Phi) is 17.5. The Morgan fingerprint density at radius 2 is 1.60 bits per heavy atom. The standard InChI is InChI=1S/C35H53N7O10/c1-20(2)16-25-33(48)42(6)18-28(44)37-27(19-52-22(5)43)30(45)36-15-11-10-14-24(31(46)41-29(21(3)4)32(47)38-25)39-35(51)40-26(34(49)50)17-23-12-8-7-9-13-23/h7-9,12-13,20-21,24-27,29H,10-11,14-19H2,1-6H3,(H,36,45)(H,37,44)(H,38,47)(H,41,46)(H,49,50)(H2,39,40,51)/t24-,25+,26+,27+,29+/m1/s1. The van der Waals surface area contributed by atoms with Crippen LogP contribution in [0.2, 0.25) is 0 Å². The Labute approximate surface area is 303 Å². The largest absolute Gasteiger partial charge is 0.480 e. The van der Waals surface area contributed by atoms with Crippen molar-refractivity contribution in [2.75, 3.05) is 26.7 Å². The van der Waals surface area contributed by atoms with Crippen molar-refractivity contribution in [3.05, 3.63) is 35.9 Å². The second kappa shape index (κ2) is 21.2. The highest BCUT2D eigenvalue weighted by Crippen LogP contribution is 2.12. The molecule has 0 radical (unpaired) electrons. The summed E-state index contributed by atoms with van der Waals surface area (Å²) in [6.45, 7) is 7.37. The van der Waals surface area contributed by atoms with Gasteiger partial charge in [-0.2, -0.15) is 0 Å². The predicted octanol–water partition coefficient (Wildman–Crippen LogP) is -0.172. The van der Waals surface area contributed by atoms with Crippen LogP contribution in [0.4, 0.5) is 4.79 Å². The van der Waals surface area contributed by atoms with Gasteiger partial charge in [0.25, 0.3) is 0 Å². The third kappa shape index (κ3) is 14.9. The second-order valence-electron chi connectivity index (χ2n) is 13.6. The lowest BCUT2D eigenvalue weighted by Crippen LogP contribution is -2.59. The van der Waals surface area contributed by atoms with Gasteiger partial charge in [-0.3, -0.25) is 28.8 Å². The minimum Gasteiger partial charge on any atom is -0.480 e. The molecule has 52 heavy (non-hydrogen) atoms. The number of carboxylic acids is 1. The Hall–Kier alpha value is -5.22. The van der Waals surface area contributed by atoms with E-state index in [-0.39, 0.29) is 38.1 Å². The van der Waals surface area contributed by atoms with Crippen LogP contribution in [0.15, 0.2) is 30.3 Å². The lowest BCUT2D eigenvalue weighted by molar-refractivity contribution is -0.144. The number of nitrogens with zero attached hydrogens (tertiary/aromatic N) is 1. The molecule has 1 aliphatic rings. The first-order valence-electron chi connectivity index (χ1n) is 17.4. The van der Waals surface area contributed by atoms with Crippen molar-refractivity contribution in [3.8, 4) is 0 Å². The molecule has 1 aromatic carbocycles. The fraction of sp³-hybridized carbons (Fsp3) is 0.600. The lowest BCUT2D eigenvalue weighted by atomic mass is 9.99. The quantitative estimate of drug-likeness (QED) is 0.157. The molecule has 2 rings (SSSR count). The predicted molar refractivity (Wildman–Crippen MR) is 188 cm³/mol. The van der Waals surface area contributed by atoms with Gasteiger partial charge in [0, 0.05) is 26.9 Å². The van der Waals surface area contributed by atoms with Crippen LogP contribution >= 0.6 is 0 Å². The topological polar surface area (TPSA) is 241 Å². The number of carbonyl (C=O) groups excluding carboxylic acids is 7. The summed E-state index contributed by atoms with van der Waals surface area (Å²) in [7, 11) is 1.36. The van der Waals surface area contributed by atoms with E-state index < -0.39 is 96.8 Å². The van der Waals surface area contributed by atoms with Crippen molar-refractivity contribution >= 4 is 47.5 Å². The van der Waals surface area contributed by atoms with Crippen LogP contribution in [0, 0.1) is 11.8 Å². The first kappa shape index (κ1) is 42.9. The van der Waals surface area contributed by atoms with Crippen LogP contribution in [0.1, 0.15) is 65.9 Å². The summed E-state index contributed by atoms with van der Waals surface area (Å²) in [5.74, 6) is -5.82. The molecule has 1 fully saturated rings. The molecule has 1 saturated heterocycles. The van der Waals surface area contributed by atoms with E-state index in [0.29, 0.717) is 12.0 Å². The van der Waals surface area contributed by atoms with Gasteiger partial charge in [-0.25, -0.2) is 9.59 Å². The number of urea groups is 1. The number of hydrogen-bond acceptors (Lipinski definition) is 9. The maximum Gasteiger partial charge on any atom is 0.326 e. The molecular weight excluding hydrogens is 678 g/mol. The van der Waals surface area contributed by atoms with E-state index in [2.05, 4.69) is 31.9 Å². The number of carbonyl (C=O) groups is 8. The fourth-order valence-electron chi connectivity index (χ4n) is 5.41. The zero-order valence-electron chi connectivity index (χ0n) is 30.7. The number of nitrogens with one attached hydrogen (secondary N) is 6. The number of aliphatic carboxylic acids is 1. The van der Waals surface area contributed by atoms with Gasteiger partial charge in [0.15, 0.2) is 0 Å².